The molecule has 0 radical (unpaired) electrons. The number of carbonyl (C=O) groups excluding carboxylic acids is 3. The summed E-state index contributed by atoms with van der Waals surface area (Å²) in [6.07, 6.45) is 1.44. The van der Waals surface area contributed by atoms with Gasteiger partial charge in [-0.25, -0.2) is 9.69 Å². The predicted octanol–water partition coefficient (Wildman–Crippen LogP) is 7.63. The van der Waals surface area contributed by atoms with Crippen LogP contribution < -0.4 is 19.7 Å². The minimum atomic E-state index is -0.803. The number of anilines is 1. The molecule has 0 atom stereocenters. The van der Waals surface area contributed by atoms with Gasteiger partial charge in [0.1, 0.15) is 12.2 Å². The summed E-state index contributed by atoms with van der Waals surface area (Å²) in [6, 6.07) is 20.0. The van der Waals surface area contributed by atoms with Gasteiger partial charge in [-0.1, -0.05) is 52.3 Å². The van der Waals surface area contributed by atoms with Gasteiger partial charge in [0, 0.05) is 10.0 Å². The Labute approximate surface area is 254 Å². The number of imide groups is 2. The number of aryl methyl sites for hydroxylation is 2. The second-order valence-electron chi connectivity index (χ2n) is 9.53. The van der Waals surface area contributed by atoms with Crippen molar-refractivity contribution in [3.05, 3.63) is 104 Å². The zero-order chi connectivity index (χ0) is 29.3. The molecule has 4 amide bonds. The highest BCUT2D eigenvalue weighted by molar-refractivity contribution is 9.10. The fourth-order valence-electron chi connectivity index (χ4n) is 4.68. The first-order valence-electron chi connectivity index (χ1n) is 12.9. The fraction of sp³-hybridized carbons (Fsp3) is 0.156. The molecule has 1 aliphatic heterocycles. The smallest absolute Gasteiger partial charge is 0.335 e. The van der Waals surface area contributed by atoms with Gasteiger partial charge in [0.05, 0.1) is 16.8 Å². The minimum Gasteiger partial charge on any atom is -0.490 e. The molecule has 1 aliphatic rings. The highest BCUT2D eigenvalue weighted by Crippen LogP contribution is 2.39. The molecule has 0 aromatic heterocycles. The third-order valence-electron chi connectivity index (χ3n) is 6.78. The summed E-state index contributed by atoms with van der Waals surface area (Å²) in [5, 5.41) is 4.51. The molecule has 208 valence electrons. The predicted molar refractivity (Wildman–Crippen MR) is 166 cm³/mol. The number of halogens is 2. The van der Waals surface area contributed by atoms with Gasteiger partial charge >= 0.3 is 6.03 Å². The average molecular weight is 678 g/mol. The number of fused-ring (bicyclic) bond motifs is 1. The van der Waals surface area contributed by atoms with Crippen LogP contribution in [0.4, 0.5) is 10.5 Å². The van der Waals surface area contributed by atoms with E-state index in [1.807, 2.05) is 26.0 Å². The molecule has 0 aliphatic carbocycles. The van der Waals surface area contributed by atoms with E-state index < -0.39 is 17.8 Å². The van der Waals surface area contributed by atoms with Crippen molar-refractivity contribution in [1.29, 1.82) is 0 Å². The average Bonchev–Trinajstić information content (AvgIpc) is 2.93. The van der Waals surface area contributed by atoms with E-state index in [4.69, 9.17) is 9.47 Å². The standard InChI is InChI=1S/C32H26Br2N2O5/c1-4-40-28-16-20(14-24-30(37)35-32(39)36(31(24)38)22-11-12-26(33)19(3)13-22)15-27(34)29(28)41-17-25-18(2)9-10-21-7-5-6-8-23(21)25/h5-16H,4,17H2,1-3H3,(H,35,37,39)/b24-14-. The van der Waals surface area contributed by atoms with E-state index in [-0.39, 0.29) is 5.57 Å². The van der Waals surface area contributed by atoms with E-state index in [2.05, 4.69) is 68.4 Å². The number of rotatable bonds is 7. The molecule has 9 heteroatoms. The third-order valence-corrected chi connectivity index (χ3v) is 8.26. The van der Waals surface area contributed by atoms with E-state index in [1.54, 1.807) is 30.3 Å². The molecule has 4 aromatic rings. The number of hydrogen-bond donors (Lipinski definition) is 1. The summed E-state index contributed by atoms with van der Waals surface area (Å²) in [5.41, 5.74) is 3.72. The molecular formula is C32H26Br2N2O5. The van der Waals surface area contributed by atoms with E-state index >= 15 is 0 Å². The molecule has 0 spiro atoms. The maximum absolute atomic E-state index is 13.4. The molecule has 7 nitrogen and oxygen atoms in total. The molecule has 1 saturated heterocycles. The Kier molecular flexibility index (Phi) is 8.28. The third kappa shape index (κ3) is 5.78. The number of nitrogens with one attached hydrogen (secondary N) is 1. The van der Waals surface area contributed by atoms with Crippen LogP contribution in [0.5, 0.6) is 11.5 Å². The number of nitrogens with zero attached hydrogens (tertiary/aromatic N) is 1. The van der Waals surface area contributed by atoms with E-state index in [1.165, 1.54) is 6.08 Å². The molecule has 4 aromatic carbocycles. The van der Waals surface area contributed by atoms with Gasteiger partial charge in [-0.3, -0.25) is 14.9 Å². The first-order valence-corrected chi connectivity index (χ1v) is 14.5. The van der Waals surface area contributed by atoms with Crippen molar-refractivity contribution in [1.82, 2.24) is 5.32 Å². The van der Waals surface area contributed by atoms with Gasteiger partial charge in [0.15, 0.2) is 11.5 Å². The summed E-state index contributed by atoms with van der Waals surface area (Å²) in [7, 11) is 0. The topological polar surface area (TPSA) is 84.9 Å². The SMILES string of the molecule is CCOc1cc(/C=C2/C(=O)NC(=O)N(c3ccc(Br)c(C)c3)C2=O)cc(Br)c1OCc1c(C)ccc2ccccc12. The van der Waals surface area contributed by atoms with Crippen LogP contribution in [0.15, 0.2) is 81.2 Å². The van der Waals surface area contributed by atoms with Crippen molar-refractivity contribution in [2.45, 2.75) is 27.4 Å². The number of hydrogen-bond acceptors (Lipinski definition) is 5. The number of carbonyl (C=O) groups is 3. The number of ether oxygens (including phenoxy) is 2. The van der Waals surface area contributed by atoms with Crippen LogP contribution in [0.1, 0.15) is 29.2 Å². The van der Waals surface area contributed by atoms with Gasteiger partial charge in [-0.2, -0.15) is 0 Å². The van der Waals surface area contributed by atoms with Crippen molar-refractivity contribution in [2.75, 3.05) is 11.5 Å². The lowest BCUT2D eigenvalue weighted by molar-refractivity contribution is -0.122. The number of benzene rings is 4. The normalized spacial score (nSPS) is 14.5. The maximum Gasteiger partial charge on any atom is 0.335 e. The first-order chi connectivity index (χ1) is 19.7. The van der Waals surface area contributed by atoms with Gasteiger partial charge in [0.25, 0.3) is 11.8 Å². The largest absolute Gasteiger partial charge is 0.490 e. The Balaban J connectivity index is 1.48. The Bertz CT molecular complexity index is 1750. The zero-order valence-corrected chi connectivity index (χ0v) is 25.8. The lowest BCUT2D eigenvalue weighted by atomic mass is 10.0. The van der Waals surface area contributed by atoms with Crippen molar-refractivity contribution in [3.8, 4) is 11.5 Å². The van der Waals surface area contributed by atoms with Crippen LogP contribution in [0.3, 0.4) is 0 Å². The van der Waals surface area contributed by atoms with E-state index in [0.29, 0.717) is 40.4 Å². The molecule has 0 unspecified atom stereocenters. The summed E-state index contributed by atoms with van der Waals surface area (Å²) in [5.74, 6) is -0.540. The van der Waals surface area contributed by atoms with Gasteiger partial charge in [-0.15, -0.1) is 0 Å². The van der Waals surface area contributed by atoms with Gasteiger partial charge < -0.3 is 9.47 Å². The quantitative estimate of drug-likeness (QED) is 0.161. The molecule has 1 N–H and O–H groups in total. The highest BCUT2D eigenvalue weighted by Gasteiger charge is 2.37. The number of urea groups is 1. The lowest BCUT2D eigenvalue weighted by Crippen LogP contribution is -2.54. The molecular weight excluding hydrogens is 652 g/mol. The molecule has 1 fully saturated rings. The van der Waals surface area contributed by atoms with Crippen molar-refractivity contribution in [2.24, 2.45) is 0 Å². The van der Waals surface area contributed by atoms with E-state index in [9.17, 15) is 14.4 Å². The summed E-state index contributed by atoms with van der Waals surface area (Å²) in [6.45, 7) is 6.45. The number of amides is 4. The number of barbiturate groups is 1. The van der Waals surface area contributed by atoms with Crippen molar-refractivity contribution >= 4 is 72.2 Å². The minimum absolute atomic E-state index is 0.181. The molecule has 1 heterocycles. The fourth-order valence-corrected chi connectivity index (χ4v) is 5.50. The Hall–Kier alpha value is -3.95. The van der Waals surface area contributed by atoms with Crippen molar-refractivity contribution < 1.29 is 23.9 Å². The van der Waals surface area contributed by atoms with E-state index in [0.717, 1.165) is 36.8 Å². The lowest BCUT2D eigenvalue weighted by Gasteiger charge is -2.26. The van der Waals surface area contributed by atoms with Crippen LogP contribution in [0, 0.1) is 13.8 Å². The summed E-state index contributed by atoms with van der Waals surface area (Å²) >= 11 is 7.01. The Morgan fingerprint density at radius 2 is 1.66 bits per heavy atom. The van der Waals surface area contributed by atoms with Crippen LogP contribution in [-0.4, -0.2) is 24.5 Å². The molecule has 0 saturated carbocycles. The van der Waals surface area contributed by atoms with Crippen LogP contribution in [0.25, 0.3) is 16.8 Å². The van der Waals surface area contributed by atoms with Gasteiger partial charge in [-0.05, 0) is 101 Å². The second-order valence-corrected chi connectivity index (χ2v) is 11.2. The Morgan fingerprint density at radius 3 is 2.41 bits per heavy atom. The highest BCUT2D eigenvalue weighted by atomic mass is 79.9. The molecule has 5 rings (SSSR count). The maximum atomic E-state index is 13.4. The summed E-state index contributed by atoms with van der Waals surface area (Å²) < 4.78 is 13.6. The zero-order valence-electron chi connectivity index (χ0n) is 22.6. The second kappa shape index (κ2) is 11.9. The molecule has 41 heavy (non-hydrogen) atoms. The van der Waals surface area contributed by atoms with Gasteiger partial charge in [0.2, 0.25) is 0 Å². The molecule has 0 bridgehead atoms. The van der Waals surface area contributed by atoms with Crippen LogP contribution in [0.2, 0.25) is 0 Å². The monoisotopic (exact) mass is 676 g/mol. The Morgan fingerprint density at radius 1 is 0.878 bits per heavy atom. The first kappa shape index (κ1) is 28.6. The van der Waals surface area contributed by atoms with Crippen LogP contribution >= 0.6 is 31.9 Å². The van der Waals surface area contributed by atoms with Crippen molar-refractivity contribution in [3.63, 3.8) is 0 Å². The summed E-state index contributed by atoms with van der Waals surface area (Å²) in [4.78, 5) is 39.7. The van der Waals surface area contributed by atoms with Crippen LogP contribution in [-0.2, 0) is 16.2 Å².